The number of nitrogens with zero attached hydrogens (tertiary/aromatic N) is 1. The van der Waals surface area contributed by atoms with E-state index in [-0.39, 0.29) is 11.8 Å². The minimum absolute atomic E-state index is 0.0111. The Bertz CT molecular complexity index is 372. The van der Waals surface area contributed by atoms with Gasteiger partial charge in [0.05, 0.1) is 16.2 Å². The molecule has 0 unspecified atom stereocenters. The highest BCUT2D eigenvalue weighted by molar-refractivity contribution is 8.04. The number of carbonyl (C=O) groups excluding carboxylic acids is 1. The Kier molecular flexibility index (Phi) is 2.24. The Morgan fingerprint density at radius 3 is 3.08 bits per heavy atom. The van der Waals surface area contributed by atoms with Crippen molar-refractivity contribution in [1.29, 1.82) is 0 Å². The van der Waals surface area contributed by atoms with E-state index in [0.717, 1.165) is 5.03 Å². The van der Waals surface area contributed by atoms with Gasteiger partial charge in [0.1, 0.15) is 5.01 Å². The predicted octanol–water partition coefficient (Wildman–Crippen LogP) is 1.01. The van der Waals surface area contributed by atoms with Gasteiger partial charge < -0.3 is 10.4 Å². The molecule has 1 aliphatic rings. The SMILES string of the molecule is O=C1CS/C(=C/c2nc(O)cs2)N1. The molecule has 0 radical (unpaired) electrons. The monoisotopic (exact) mass is 214 g/mol. The third-order valence-corrected chi connectivity index (χ3v) is 3.10. The number of aromatic nitrogens is 1. The van der Waals surface area contributed by atoms with Crippen LogP contribution < -0.4 is 5.32 Å². The Balaban J connectivity index is 2.16. The maximum Gasteiger partial charge on any atom is 0.235 e. The van der Waals surface area contributed by atoms with Crippen LogP contribution in [0.15, 0.2) is 10.4 Å². The van der Waals surface area contributed by atoms with Gasteiger partial charge in [0.25, 0.3) is 0 Å². The number of hydrogen-bond donors (Lipinski definition) is 2. The van der Waals surface area contributed by atoms with Gasteiger partial charge in [-0.25, -0.2) is 4.98 Å². The van der Waals surface area contributed by atoms with E-state index >= 15 is 0 Å². The van der Waals surface area contributed by atoms with Gasteiger partial charge in [0.2, 0.25) is 11.8 Å². The van der Waals surface area contributed by atoms with Crippen molar-refractivity contribution in [2.24, 2.45) is 0 Å². The molecule has 2 heterocycles. The number of aromatic hydroxyl groups is 1. The summed E-state index contributed by atoms with van der Waals surface area (Å²) in [6.45, 7) is 0. The first-order valence-corrected chi connectivity index (χ1v) is 5.39. The molecule has 4 nitrogen and oxygen atoms in total. The number of hydrogen-bond acceptors (Lipinski definition) is 5. The molecule has 0 aliphatic carbocycles. The fourth-order valence-corrected chi connectivity index (χ4v) is 2.31. The number of carbonyl (C=O) groups is 1. The van der Waals surface area contributed by atoms with Crippen molar-refractivity contribution in [2.45, 2.75) is 0 Å². The molecule has 0 bridgehead atoms. The van der Waals surface area contributed by atoms with Crippen LogP contribution in [0, 0.1) is 0 Å². The quantitative estimate of drug-likeness (QED) is 0.732. The van der Waals surface area contributed by atoms with Gasteiger partial charge in [-0.2, -0.15) is 0 Å². The van der Waals surface area contributed by atoms with Crippen LogP contribution in [0.25, 0.3) is 6.08 Å². The summed E-state index contributed by atoms with van der Waals surface area (Å²) < 4.78 is 0. The van der Waals surface area contributed by atoms with E-state index < -0.39 is 0 Å². The summed E-state index contributed by atoms with van der Waals surface area (Å²) in [7, 11) is 0. The van der Waals surface area contributed by atoms with Gasteiger partial charge >= 0.3 is 0 Å². The fourth-order valence-electron chi connectivity index (χ4n) is 0.888. The third kappa shape index (κ3) is 2.02. The van der Waals surface area contributed by atoms with Crippen molar-refractivity contribution < 1.29 is 9.90 Å². The molecule has 1 saturated heterocycles. The van der Waals surface area contributed by atoms with E-state index in [9.17, 15) is 4.79 Å². The number of rotatable bonds is 1. The second kappa shape index (κ2) is 3.39. The maximum absolute atomic E-state index is 10.8. The highest BCUT2D eigenvalue weighted by atomic mass is 32.2. The Morgan fingerprint density at radius 1 is 1.69 bits per heavy atom. The zero-order valence-corrected chi connectivity index (χ0v) is 8.11. The van der Waals surface area contributed by atoms with Crippen molar-refractivity contribution in [3.63, 3.8) is 0 Å². The molecule has 0 aromatic carbocycles. The second-order valence-corrected chi connectivity index (χ2v) is 4.30. The van der Waals surface area contributed by atoms with Crippen LogP contribution in [-0.2, 0) is 4.79 Å². The van der Waals surface area contributed by atoms with Crippen LogP contribution in [0.2, 0.25) is 0 Å². The molecule has 0 saturated carbocycles. The molecule has 1 fully saturated rings. The average Bonchev–Trinajstić information content (AvgIpc) is 2.62. The lowest BCUT2D eigenvalue weighted by atomic mass is 10.6. The van der Waals surface area contributed by atoms with E-state index in [2.05, 4.69) is 10.3 Å². The lowest BCUT2D eigenvalue weighted by Gasteiger charge is -1.91. The summed E-state index contributed by atoms with van der Waals surface area (Å²) >= 11 is 2.78. The van der Waals surface area contributed by atoms with Crippen molar-refractivity contribution in [3.8, 4) is 5.88 Å². The molecule has 1 aliphatic heterocycles. The van der Waals surface area contributed by atoms with Crippen molar-refractivity contribution in [2.75, 3.05) is 5.75 Å². The summed E-state index contributed by atoms with van der Waals surface area (Å²) in [5.74, 6) is 0.492. The third-order valence-electron chi connectivity index (χ3n) is 1.39. The average molecular weight is 214 g/mol. The minimum atomic E-state index is 0.0111. The van der Waals surface area contributed by atoms with Gasteiger partial charge in [-0.05, 0) is 0 Å². The molecular weight excluding hydrogens is 208 g/mol. The first-order valence-electron chi connectivity index (χ1n) is 3.53. The van der Waals surface area contributed by atoms with E-state index in [1.54, 1.807) is 11.5 Å². The first kappa shape index (κ1) is 8.58. The van der Waals surface area contributed by atoms with Crippen molar-refractivity contribution in [1.82, 2.24) is 10.3 Å². The Morgan fingerprint density at radius 2 is 2.54 bits per heavy atom. The topological polar surface area (TPSA) is 62.2 Å². The Hall–Kier alpha value is -1.01. The molecule has 2 rings (SSSR count). The summed E-state index contributed by atoms with van der Waals surface area (Å²) in [6.07, 6.45) is 1.75. The minimum Gasteiger partial charge on any atom is -0.493 e. The standard InChI is InChI=1S/C7H6N2O2S2/c10-4-2-12-6(8-4)1-7-9-5(11)3-13-7/h1-2,10H,3H2,(H,9,11)/b7-1+. The van der Waals surface area contributed by atoms with Crippen LogP contribution in [-0.4, -0.2) is 21.8 Å². The number of amides is 1. The molecule has 1 amide bonds. The summed E-state index contributed by atoms with van der Waals surface area (Å²) in [6, 6.07) is 0. The molecule has 1 aromatic rings. The fraction of sp³-hybridized carbons (Fsp3) is 0.143. The van der Waals surface area contributed by atoms with Crippen LogP contribution >= 0.6 is 23.1 Å². The molecular formula is C7H6N2O2S2. The number of thiazole rings is 1. The largest absolute Gasteiger partial charge is 0.493 e. The molecule has 13 heavy (non-hydrogen) atoms. The molecule has 0 spiro atoms. The van der Waals surface area contributed by atoms with Crippen LogP contribution in [0.3, 0.4) is 0 Å². The summed E-state index contributed by atoms with van der Waals surface area (Å²) in [5.41, 5.74) is 0. The Labute approximate surface area is 82.7 Å². The van der Waals surface area contributed by atoms with Gasteiger partial charge in [0, 0.05) is 6.08 Å². The first-order chi connectivity index (χ1) is 6.24. The number of thioether (sulfide) groups is 1. The lowest BCUT2D eigenvalue weighted by Crippen LogP contribution is -2.13. The molecule has 1 aromatic heterocycles. The van der Waals surface area contributed by atoms with Crippen LogP contribution in [0.1, 0.15) is 5.01 Å². The van der Waals surface area contributed by atoms with Gasteiger partial charge in [-0.3, -0.25) is 4.79 Å². The zero-order chi connectivity index (χ0) is 9.26. The van der Waals surface area contributed by atoms with Crippen molar-refractivity contribution in [3.05, 3.63) is 15.4 Å². The lowest BCUT2D eigenvalue weighted by molar-refractivity contribution is -0.117. The normalized spacial score (nSPS) is 19.4. The van der Waals surface area contributed by atoms with E-state index in [4.69, 9.17) is 5.11 Å². The summed E-state index contributed by atoms with van der Waals surface area (Å²) in [5, 5.41) is 14.7. The van der Waals surface area contributed by atoms with Crippen LogP contribution in [0.5, 0.6) is 5.88 Å². The van der Waals surface area contributed by atoms with Crippen LogP contribution in [0.4, 0.5) is 0 Å². The molecule has 68 valence electrons. The molecule has 0 atom stereocenters. The summed E-state index contributed by atoms with van der Waals surface area (Å²) in [4.78, 5) is 14.6. The predicted molar refractivity (Wildman–Crippen MR) is 52.4 cm³/mol. The second-order valence-electron chi connectivity index (χ2n) is 2.39. The smallest absolute Gasteiger partial charge is 0.235 e. The van der Waals surface area contributed by atoms with Gasteiger partial charge in [-0.15, -0.1) is 11.3 Å². The van der Waals surface area contributed by atoms with E-state index in [1.807, 2.05) is 0 Å². The maximum atomic E-state index is 10.8. The van der Waals surface area contributed by atoms with E-state index in [1.165, 1.54) is 23.1 Å². The molecule has 2 N–H and O–H groups in total. The van der Waals surface area contributed by atoms with Crippen molar-refractivity contribution >= 4 is 35.1 Å². The van der Waals surface area contributed by atoms with E-state index in [0.29, 0.717) is 10.8 Å². The number of nitrogens with one attached hydrogen (secondary N) is 1. The molecule has 6 heteroatoms. The zero-order valence-electron chi connectivity index (χ0n) is 6.48. The van der Waals surface area contributed by atoms with Gasteiger partial charge in [-0.1, -0.05) is 11.8 Å². The van der Waals surface area contributed by atoms with Gasteiger partial charge in [0.15, 0.2) is 0 Å². The highest BCUT2D eigenvalue weighted by Crippen LogP contribution is 2.24. The highest BCUT2D eigenvalue weighted by Gasteiger charge is 2.15.